The fourth-order valence-corrected chi connectivity index (χ4v) is 4.00. The van der Waals surface area contributed by atoms with Crippen molar-refractivity contribution in [2.24, 2.45) is 4.99 Å². The highest BCUT2D eigenvalue weighted by molar-refractivity contribution is 14.0. The fourth-order valence-electron chi connectivity index (χ4n) is 2.45. The van der Waals surface area contributed by atoms with Gasteiger partial charge in [0.2, 0.25) is 10.0 Å². The van der Waals surface area contributed by atoms with Crippen LogP contribution in [-0.4, -0.2) is 35.0 Å². The van der Waals surface area contributed by atoms with Gasteiger partial charge in [0.1, 0.15) is 0 Å². The molecule has 0 amide bonds. The Bertz CT molecular complexity index is 824. The van der Waals surface area contributed by atoms with E-state index in [0.717, 1.165) is 23.6 Å². The molecular weight excluding hydrogens is 495 g/mol. The summed E-state index contributed by atoms with van der Waals surface area (Å²) in [5.41, 5.74) is 1.76. The summed E-state index contributed by atoms with van der Waals surface area (Å²) in [5, 5.41) is 8.68. The minimum Gasteiger partial charge on any atom is -0.356 e. The van der Waals surface area contributed by atoms with Crippen LogP contribution in [0.15, 0.2) is 46.8 Å². The molecule has 2 rings (SSSR count). The summed E-state index contributed by atoms with van der Waals surface area (Å²) in [6.45, 7) is 3.54. The summed E-state index contributed by atoms with van der Waals surface area (Å²) in [7, 11) is -0.109. The second kappa shape index (κ2) is 11.6. The van der Waals surface area contributed by atoms with Gasteiger partial charge in [-0.15, -0.1) is 35.3 Å². The van der Waals surface area contributed by atoms with Crippen LogP contribution < -0.4 is 15.4 Å². The number of nitrogens with one attached hydrogen (secondary N) is 3. The molecule has 0 saturated heterocycles. The fraction of sp³-hybridized carbons (Fsp3) is 0.389. The molecule has 3 N–H and O–H groups in total. The molecule has 150 valence electrons. The van der Waals surface area contributed by atoms with Gasteiger partial charge in [-0.05, 0) is 29.6 Å². The van der Waals surface area contributed by atoms with E-state index in [9.17, 15) is 8.42 Å². The van der Waals surface area contributed by atoms with Crippen LogP contribution in [0, 0.1) is 0 Å². The predicted molar refractivity (Wildman–Crippen MR) is 124 cm³/mol. The molecule has 0 radical (unpaired) electrons. The first-order chi connectivity index (χ1) is 12.4. The van der Waals surface area contributed by atoms with Crippen LogP contribution in [0.2, 0.25) is 0 Å². The summed E-state index contributed by atoms with van der Waals surface area (Å²) in [5.74, 6) is 1.10. The zero-order valence-corrected chi connectivity index (χ0v) is 19.7. The molecule has 0 fully saturated rings. The van der Waals surface area contributed by atoms with Crippen LogP contribution in [0.3, 0.4) is 0 Å². The van der Waals surface area contributed by atoms with E-state index in [1.165, 1.54) is 11.9 Å². The Morgan fingerprint density at radius 3 is 2.56 bits per heavy atom. The molecule has 0 aliphatic rings. The molecule has 27 heavy (non-hydrogen) atoms. The SMILES string of the molecule is CN=C(NCc1cccc(CS(=O)(=O)NC)c1)NCC(C)c1cccs1.I. The number of guanidine groups is 1. The molecule has 1 atom stereocenters. The third kappa shape index (κ3) is 8.16. The number of aliphatic imine (C=N–C) groups is 1. The molecule has 0 saturated carbocycles. The van der Waals surface area contributed by atoms with Crippen molar-refractivity contribution in [3.63, 3.8) is 0 Å². The van der Waals surface area contributed by atoms with Gasteiger partial charge in [0, 0.05) is 30.9 Å². The van der Waals surface area contributed by atoms with Gasteiger partial charge in [-0.3, -0.25) is 4.99 Å². The average molecular weight is 522 g/mol. The van der Waals surface area contributed by atoms with Gasteiger partial charge in [0.25, 0.3) is 0 Å². The van der Waals surface area contributed by atoms with Gasteiger partial charge < -0.3 is 10.6 Å². The number of halogens is 1. The summed E-state index contributed by atoms with van der Waals surface area (Å²) in [6, 6.07) is 11.7. The quantitative estimate of drug-likeness (QED) is 0.283. The summed E-state index contributed by atoms with van der Waals surface area (Å²) < 4.78 is 25.7. The Morgan fingerprint density at radius 2 is 1.93 bits per heavy atom. The maximum atomic E-state index is 11.7. The molecule has 9 heteroatoms. The number of sulfonamides is 1. The molecule has 0 aliphatic carbocycles. The van der Waals surface area contributed by atoms with E-state index in [1.807, 2.05) is 24.3 Å². The van der Waals surface area contributed by atoms with Gasteiger partial charge in [-0.25, -0.2) is 13.1 Å². The maximum absolute atomic E-state index is 11.7. The first kappa shape index (κ1) is 23.9. The van der Waals surface area contributed by atoms with Crippen molar-refractivity contribution in [2.75, 3.05) is 20.6 Å². The maximum Gasteiger partial charge on any atom is 0.215 e. The van der Waals surface area contributed by atoms with Crippen molar-refractivity contribution in [2.45, 2.75) is 25.1 Å². The van der Waals surface area contributed by atoms with Crippen LogP contribution >= 0.6 is 35.3 Å². The lowest BCUT2D eigenvalue weighted by atomic mass is 10.1. The van der Waals surface area contributed by atoms with Gasteiger partial charge in [0.15, 0.2) is 5.96 Å². The standard InChI is InChI=1S/C18H26N4O2S2.HI/c1-14(17-8-5-9-25-17)11-21-18(19-2)22-12-15-6-4-7-16(10-15)13-26(23,24)20-3;/h4-10,14,20H,11-13H2,1-3H3,(H2,19,21,22);1H. The minimum absolute atomic E-state index is 0. The third-order valence-electron chi connectivity index (χ3n) is 3.95. The van der Waals surface area contributed by atoms with Gasteiger partial charge in [-0.2, -0.15) is 0 Å². The second-order valence-corrected chi connectivity index (χ2v) is 8.91. The normalized spacial score (nSPS) is 12.9. The van der Waals surface area contributed by atoms with E-state index in [4.69, 9.17) is 0 Å². The highest BCUT2D eigenvalue weighted by atomic mass is 127. The molecule has 2 aromatic rings. The molecule has 0 spiro atoms. The summed E-state index contributed by atoms with van der Waals surface area (Å²) >= 11 is 1.75. The molecular formula is C18H27IN4O2S2. The molecule has 1 heterocycles. The number of hydrogen-bond acceptors (Lipinski definition) is 4. The lowest BCUT2D eigenvalue weighted by Crippen LogP contribution is -2.38. The van der Waals surface area contributed by atoms with Crippen LogP contribution in [0.25, 0.3) is 0 Å². The molecule has 0 aliphatic heterocycles. The van der Waals surface area contributed by atoms with E-state index in [1.54, 1.807) is 18.4 Å². The zero-order chi connectivity index (χ0) is 19.0. The van der Waals surface area contributed by atoms with E-state index < -0.39 is 10.0 Å². The first-order valence-electron chi connectivity index (χ1n) is 8.40. The van der Waals surface area contributed by atoms with E-state index >= 15 is 0 Å². The molecule has 1 aromatic carbocycles. The first-order valence-corrected chi connectivity index (χ1v) is 10.9. The van der Waals surface area contributed by atoms with E-state index in [-0.39, 0.29) is 29.7 Å². The number of thiophene rings is 1. The minimum atomic E-state index is -3.27. The van der Waals surface area contributed by atoms with Crippen LogP contribution in [0.1, 0.15) is 28.8 Å². The number of hydrogen-bond donors (Lipinski definition) is 3. The topological polar surface area (TPSA) is 82.6 Å². The van der Waals surface area contributed by atoms with Gasteiger partial charge >= 0.3 is 0 Å². The Morgan fingerprint density at radius 1 is 1.19 bits per heavy atom. The third-order valence-corrected chi connectivity index (χ3v) is 6.39. The van der Waals surface area contributed by atoms with Crippen LogP contribution in [-0.2, 0) is 22.3 Å². The number of benzene rings is 1. The molecule has 0 bridgehead atoms. The van der Waals surface area contributed by atoms with Crippen LogP contribution in [0.5, 0.6) is 0 Å². The van der Waals surface area contributed by atoms with Crippen LogP contribution in [0.4, 0.5) is 0 Å². The smallest absolute Gasteiger partial charge is 0.215 e. The van der Waals surface area contributed by atoms with E-state index in [2.05, 4.69) is 44.8 Å². The van der Waals surface area contributed by atoms with Crippen molar-refractivity contribution in [3.05, 3.63) is 57.8 Å². The van der Waals surface area contributed by atoms with Crippen molar-refractivity contribution in [1.29, 1.82) is 0 Å². The summed E-state index contributed by atoms with van der Waals surface area (Å²) in [6.07, 6.45) is 0. The lowest BCUT2D eigenvalue weighted by molar-refractivity contribution is 0.587. The largest absolute Gasteiger partial charge is 0.356 e. The summed E-state index contributed by atoms with van der Waals surface area (Å²) in [4.78, 5) is 5.58. The van der Waals surface area contributed by atoms with Crippen molar-refractivity contribution >= 4 is 51.3 Å². The Kier molecular flexibility index (Phi) is 10.3. The molecule has 6 nitrogen and oxygen atoms in total. The van der Waals surface area contributed by atoms with Crippen molar-refractivity contribution in [3.8, 4) is 0 Å². The Labute approximate surface area is 182 Å². The van der Waals surface area contributed by atoms with Gasteiger partial charge in [-0.1, -0.05) is 37.3 Å². The zero-order valence-electron chi connectivity index (χ0n) is 15.7. The van der Waals surface area contributed by atoms with Crippen molar-refractivity contribution in [1.82, 2.24) is 15.4 Å². The average Bonchev–Trinajstić information content (AvgIpc) is 3.16. The van der Waals surface area contributed by atoms with Gasteiger partial charge in [0.05, 0.1) is 5.75 Å². The highest BCUT2D eigenvalue weighted by Crippen LogP contribution is 2.19. The van der Waals surface area contributed by atoms with E-state index in [0.29, 0.717) is 12.5 Å². The monoisotopic (exact) mass is 522 g/mol. The Balaban J connectivity index is 0.00000364. The van der Waals surface area contributed by atoms with Crippen molar-refractivity contribution < 1.29 is 8.42 Å². The predicted octanol–water partition coefficient (Wildman–Crippen LogP) is 2.88. The molecule has 1 unspecified atom stereocenters. The second-order valence-electron chi connectivity index (χ2n) is 6.01. The number of rotatable bonds is 8. The lowest BCUT2D eigenvalue weighted by Gasteiger charge is -2.15. The molecule has 1 aromatic heterocycles. The Hall–Kier alpha value is -1.17. The highest BCUT2D eigenvalue weighted by Gasteiger charge is 2.10. The number of nitrogens with zero attached hydrogens (tertiary/aromatic N) is 1.